The highest BCUT2D eigenvalue weighted by atomic mass is 79.9. The van der Waals surface area contributed by atoms with Crippen molar-refractivity contribution in [3.05, 3.63) is 59.1 Å². The van der Waals surface area contributed by atoms with Crippen molar-refractivity contribution in [1.29, 1.82) is 0 Å². The number of ether oxygens (including phenoxy) is 1. The quantitative estimate of drug-likeness (QED) is 0.833. The zero-order valence-electron chi connectivity index (χ0n) is 10.7. The van der Waals surface area contributed by atoms with Gasteiger partial charge in [-0.3, -0.25) is 0 Å². The Labute approximate surface area is 125 Å². The predicted octanol–water partition coefficient (Wildman–Crippen LogP) is 4.23. The number of hydrogen-bond donors (Lipinski definition) is 1. The summed E-state index contributed by atoms with van der Waals surface area (Å²) in [5.74, 6) is -0.365. The first-order valence-corrected chi connectivity index (χ1v) is 6.76. The van der Waals surface area contributed by atoms with Gasteiger partial charge in [-0.1, -0.05) is 52.8 Å². The molecule has 2 aromatic carbocycles. The molecule has 0 saturated carbocycles. The van der Waals surface area contributed by atoms with Gasteiger partial charge in [-0.05, 0) is 22.9 Å². The van der Waals surface area contributed by atoms with E-state index >= 15 is 0 Å². The number of fused-ring (bicyclic) bond motifs is 1. The molecule has 0 heterocycles. The minimum Gasteiger partial charge on any atom is -0.488 e. The number of carbonyl (C=O) groups is 1. The Morgan fingerprint density at radius 1 is 1.30 bits per heavy atom. The van der Waals surface area contributed by atoms with Crippen molar-refractivity contribution in [2.24, 2.45) is 0 Å². The first-order chi connectivity index (χ1) is 9.58. The Kier molecular flexibility index (Phi) is 4.58. The second-order valence-corrected chi connectivity index (χ2v) is 5.30. The van der Waals surface area contributed by atoms with E-state index in [0.717, 1.165) is 26.9 Å². The normalized spacial score (nSPS) is 10.8. The maximum Gasteiger partial charge on any atom is 0.328 e. The molecule has 0 aliphatic rings. The van der Waals surface area contributed by atoms with Crippen LogP contribution in [0.4, 0.5) is 0 Å². The average Bonchev–Trinajstić information content (AvgIpc) is 2.42. The Morgan fingerprint density at radius 3 is 2.75 bits per heavy atom. The summed E-state index contributed by atoms with van der Waals surface area (Å²) in [6.45, 7) is 4.04. The maximum atomic E-state index is 10.7. The molecule has 2 aromatic rings. The minimum absolute atomic E-state index is 0.326. The van der Waals surface area contributed by atoms with Crippen LogP contribution >= 0.6 is 15.9 Å². The molecule has 0 atom stereocenters. The van der Waals surface area contributed by atoms with Crippen LogP contribution in [0.15, 0.2) is 53.5 Å². The van der Waals surface area contributed by atoms with E-state index in [0.29, 0.717) is 12.4 Å². The van der Waals surface area contributed by atoms with Gasteiger partial charge in [0.25, 0.3) is 0 Å². The third-order valence-corrected chi connectivity index (χ3v) is 2.94. The molecule has 0 amide bonds. The Balaban J connectivity index is 2.52. The Morgan fingerprint density at radius 2 is 2.05 bits per heavy atom. The topological polar surface area (TPSA) is 46.5 Å². The summed E-state index contributed by atoms with van der Waals surface area (Å²) < 4.78 is 6.37. The molecule has 102 valence electrons. The molecule has 0 spiro atoms. The van der Waals surface area contributed by atoms with E-state index in [-0.39, 0.29) is 0 Å². The van der Waals surface area contributed by atoms with Crippen LogP contribution in [0, 0.1) is 0 Å². The number of rotatable bonds is 5. The van der Waals surface area contributed by atoms with Gasteiger partial charge in [-0.25, -0.2) is 4.79 Å². The van der Waals surface area contributed by atoms with Crippen LogP contribution in [-0.2, 0) is 4.79 Å². The third-order valence-electron chi connectivity index (χ3n) is 2.71. The molecule has 0 radical (unpaired) electrons. The SMILES string of the molecule is C=C(Br)COc1ccc2ccccc2c1/C=C/C(=O)O. The monoisotopic (exact) mass is 332 g/mol. The Hall–Kier alpha value is -2.07. The van der Waals surface area contributed by atoms with Crippen molar-refractivity contribution in [2.75, 3.05) is 6.61 Å². The molecule has 4 heteroatoms. The molecule has 2 rings (SSSR count). The zero-order valence-corrected chi connectivity index (χ0v) is 12.3. The van der Waals surface area contributed by atoms with Gasteiger partial charge < -0.3 is 9.84 Å². The Bertz CT molecular complexity index is 689. The lowest BCUT2D eigenvalue weighted by molar-refractivity contribution is -0.131. The van der Waals surface area contributed by atoms with E-state index in [1.165, 1.54) is 0 Å². The van der Waals surface area contributed by atoms with E-state index in [1.807, 2.05) is 36.4 Å². The van der Waals surface area contributed by atoms with Crippen molar-refractivity contribution in [1.82, 2.24) is 0 Å². The highest BCUT2D eigenvalue weighted by molar-refractivity contribution is 9.11. The summed E-state index contributed by atoms with van der Waals surface area (Å²) in [4.78, 5) is 10.7. The van der Waals surface area contributed by atoms with Crippen LogP contribution in [0.3, 0.4) is 0 Å². The van der Waals surface area contributed by atoms with Gasteiger partial charge in [0.15, 0.2) is 0 Å². The lowest BCUT2D eigenvalue weighted by atomic mass is 10.0. The number of halogens is 1. The molecule has 0 unspecified atom stereocenters. The second kappa shape index (κ2) is 6.39. The molecule has 0 aliphatic heterocycles. The van der Waals surface area contributed by atoms with Crippen LogP contribution in [0.2, 0.25) is 0 Å². The fourth-order valence-electron chi connectivity index (χ4n) is 1.88. The number of benzene rings is 2. The summed E-state index contributed by atoms with van der Waals surface area (Å²) in [5, 5.41) is 10.8. The van der Waals surface area contributed by atoms with E-state index in [4.69, 9.17) is 9.84 Å². The smallest absolute Gasteiger partial charge is 0.328 e. The molecule has 0 bridgehead atoms. The summed E-state index contributed by atoms with van der Waals surface area (Å²) in [6.07, 6.45) is 2.66. The first kappa shape index (κ1) is 14.3. The van der Waals surface area contributed by atoms with Crippen LogP contribution in [0.25, 0.3) is 16.8 Å². The van der Waals surface area contributed by atoms with Crippen LogP contribution in [0.5, 0.6) is 5.75 Å². The van der Waals surface area contributed by atoms with Crippen molar-refractivity contribution in [3.63, 3.8) is 0 Å². The van der Waals surface area contributed by atoms with Gasteiger partial charge in [-0.2, -0.15) is 0 Å². The summed E-state index contributed by atoms with van der Waals surface area (Å²) in [5.41, 5.74) is 0.749. The molecule has 1 N–H and O–H groups in total. The number of carboxylic acids is 1. The largest absolute Gasteiger partial charge is 0.488 e. The first-order valence-electron chi connectivity index (χ1n) is 5.97. The average molecular weight is 333 g/mol. The van der Waals surface area contributed by atoms with Gasteiger partial charge in [0, 0.05) is 16.1 Å². The highest BCUT2D eigenvalue weighted by Crippen LogP contribution is 2.29. The van der Waals surface area contributed by atoms with Gasteiger partial charge >= 0.3 is 5.97 Å². The standard InChI is InChI=1S/C16H13BrO3/c1-11(17)10-20-15-8-6-12-4-2-3-5-13(12)14(15)7-9-16(18)19/h2-9H,1,10H2,(H,18,19)/b9-7+. The molecular weight excluding hydrogens is 320 g/mol. The molecule has 0 aromatic heterocycles. The van der Waals surface area contributed by atoms with E-state index in [9.17, 15) is 4.79 Å². The van der Waals surface area contributed by atoms with Crippen molar-refractivity contribution >= 4 is 38.7 Å². The zero-order chi connectivity index (χ0) is 14.5. The van der Waals surface area contributed by atoms with Gasteiger partial charge in [0.05, 0.1) is 0 Å². The van der Waals surface area contributed by atoms with Crippen molar-refractivity contribution in [3.8, 4) is 5.75 Å². The lowest BCUT2D eigenvalue weighted by Gasteiger charge is -2.11. The highest BCUT2D eigenvalue weighted by Gasteiger charge is 2.07. The summed E-state index contributed by atoms with van der Waals surface area (Å²) in [6, 6.07) is 11.5. The third kappa shape index (κ3) is 3.48. The van der Waals surface area contributed by atoms with E-state index in [1.54, 1.807) is 6.08 Å². The van der Waals surface area contributed by atoms with E-state index < -0.39 is 5.97 Å². The summed E-state index contributed by atoms with van der Waals surface area (Å²) >= 11 is 3.24. The fourth-order valence-corrected chi connectivity index (χ4v) is 2.00. The van der Waals surface area contributed by atoms with Gasteiger partial charge in [-0.15, -0.1) is 0 Å². The van der Waals surface area contributed by atoms with Crippen LogP contribution < -0.4 is 4.74 Å². The fraction of sp³-hybridized carbons (Fsp3) is 0.0625. The molecule has 20 heavy (non-hydrogen) atoms. The minimum atomic E-state index is -0.992. The lowest BCUT2D eigenvalue weighted by Crippen LogP contribution is -1.98. The number of carboxylic acid groups (broad SMARTS) is 1. The van der Waals surface area contributed by atoms with Crippen molar-refractivity contribution < 1.29 is 14.6 Å². The maximum absolute atomic E-state index is 10.7. The molecular formula is C16H13BrO3. The molecule has 0 aliphatic carbocycles. The van der Waals surface area contributed by atoms with Crippen molar-refractivity contribution in [2.45, 2.75) is 0 Å². The summed E-state index contributed by atoms with van der Waals surface area (Å²) in [7, 11) is 0. The number of aliphatic carboxylic acids is 1. The van der Waals surface area contributed by atoms with Crippen LogP contribution in [0.1, 0.15) is 5.56 Å². The van der Waals surface area contributed by atoms with Gasteiger partial charge in [0.2, 0.25) is 0 Å². The predicted molar refractivity (Wildman–Crippen MR) is 84.2 cm³/mol. The van der Waals surface area contributed by atoms with Crippen LogP contribution in [-0.4, -0.2) is 17.7 Å². The molecule has 0 fully saturated rings. The van der Waals surface area contributed by atoms with Gasteiger partial charge in [0.1, 0.15) is 12.4 Å². The number of hydrogen-bond acceptors (Lipinski definition) is 2. The van der Waals surface area contributed by atoms with E-state index in [2.05, 4.69) is 22.5 Å². The molecule has 3 nitrogen and oxygen atoms in total. The molecule has 0 saturated heterocycles. The second-order valence-electron chi connectivity index (χ2n) is 4.18.